The maximum absolute atomic E-state index is 12.2. The molecule has 1 atom stereocenters. The zero-order chi connectivity index (χ0) is 10.6. The standard InChI is InChI=1S/C10H12F2O2/c1-14-6-7-3-2-4-8(5-7)9(13)10(11)12/h2-5,9-10,13H,6H2,1H3. The second-order valence-corrected chi connectivity index (χ2v) is 2.96. The zero-order valence-corrected chi connectivity index (χ0v) is 7.78. The van der Waals surface area contributed by atoms with Gasteiger partial charge >= 0.3 is 0 Å². The average Bonchev–Trinajstić information content (AvgIpc) is 2.17. The van der Waals surface area contributed by atoms with Gasteiger partial charge in [-0.1, -0.05) is 24.3 Å². The van der Waals surface area contributed by atoms with E-state index in [2.05, 4.69) is 0 Å². The van der Waals surface area contributed by atoms with Crippen LogP contribution in [-0.4, -0.2) is 18.6 Å². The first-order chi connectivity index (χ1) is 6.65. The number of ether oxygens (including phenoxy) is 1. The fourth-order valence-corrected chi connectivity index (χ4v) is 1.18. The van der Waals surface area contributed by atoms with Gasteiger partial charge in [0.05, 0.1) is 6.61 Å². The molecule has 0 heterocycles. The summed E-state index contributed by atoms with van der Waals surface area (Å²) >= 11 is 0. The molecule has 14 heavy (non-hydrogen) atoms. The van der Waals surface area contributed by atoms with Gasteiger partial charge in [-0.05, 0) is 11.1 Å². The van der Waals surface area contributed by atoms with E-state index in [1.165, 1.54) is 19.2 Å². The Balaban J connectivity index is 2.82. The summed E-state index contributed by atoms with van der Waals surface area (Å²) in [6, 6.07) is 6.36. The average molecular weight is 202 g/mol. The first kappa shape index (κ1) is 11.1. The van der Waals surface area contributed by atoms with E-state index < -0.39 is 12.5 Å². The predicted octanol–water partition coefficient (Wildman–Crippen LogP) is 2.13. The van der Waals surface area contributed by atoms with E-state index in [9.17, 15) is 8.78 Å². The minimum Gasteiger partial charge on any atom is -0.382 e. The number of methoxy groups -OCH3 is 1. The smallest absolute Gasteiger partial charge is 0.268 e. The summed E-state index contributed by atoms with van der Waals surface area (Å²) in [7, 11) is 1.52. The lowest BCUT2D eigenvalue weighted by Gasteiger charge is -2.10. The summed E-state index contributed by atoms with van der Waals surface area (Å²) in [6.07, 6.45) is -4.47. The lowest BCUT2D eigenvalue weighted by Crippen LogP contribution is -2.08. The van der Waals surface area contributed by atoms with Crippen molar-refractivity contribution in [1.29, 1.82) is 0 Å². The molecule has 0 amide bonds. The summed E-state index contributed by atoms with van der Waals surface area (Å²) in [5, 5.41) is 9.10. The highest BCUT2D eigenvalue weighted by atomic mass is 19.3. The highest BCUT2D eigenvalue weighted by Crippen LogP contribution is 2.21. The number of rotatable bonds is 4. The first-order valence-corrected chi connectivity index (χ1v) is 4.19. The Labute approximate surface area is 81.1 Å². The summed E-state index contributed by atoms with van der Waals surface area (Å²) < 4.78 is 29.2. The van der Waals surface area contributed by atoms with E-state index in [0.717, 1.165) is 5.56 Å². The molecule has 1 aromatic rings. The van der Waals surface area contributed by atoms with Gasteiger partial charge in [-0.25, -0.2) is 8.78 Å². The maximum atomic E-state index is 12.2. The van der Waals surface area contributed by atoms with Crippen molar-refractivity contribution in [2.75, 3.05) is 7.11 Å². The van der Waals surface area contributed by atoms with Crippen LogP contribution in [0.2, 0.25) is 0 Å². The molecule has 0 saturated carbocycles. The fraction of sp³-hybridized carbons (Fsp3) is 0.400. The molecule has 0 aliphatic heterocycles. The van der Waals surface area contributed by atoms with Gasteiger partial charge in [0.2, 0.25) is 0 Å². The Morgan fingerprint density at radius 1 is 1.43 bits per heavy atom. The molecule has 2 nitrogen and oxygen atoms in total. The monoisotopic (exact) mass is 202 g/mol. The molecule has 1 aromatic carbocycles. The minimum atomic E-state index is -2.76. The van der Waals surface area contributed by atoms with Gasteiger partial charge in [-0.15, -0.1) is 0 Å². The van der Waals surface area contributed by atoms with Crippen LogP contribution in [0.15, 0.2) is 24.3 Å². The highest BCUT2D eigenvalue weighted by molar-refractivity contribution is 5.25. The van der Waals surface area contributed by atoms with Gasteiger partial charge in [0, 0.05) is 7.11 Å². The topological polar surface area (TPSA) is 29.5 Å². The third-order valence-corrected chi connectivity index (χ3v) is 1.84. The molecule has 0 spiro atoms. The molecule has 0 aliphatic rings. The Hall–Kier alpha value is -1.00. The lowest BCUT2D eigenvalue weighted by atomic mass is 10.1. The first-order valence-electron chi connectivity index (χ1n) is 4.19. The number of hydrogen-bond acceptors (Lipinski definition) is 2. The number of alkyl halides is 2. The Morgan fingerprint density at radius 2 is 2.14 bits per heavy atom. The third kappa shape index (κ3) is 2.75. The fourth-order valence-electron chi connectivity index (χ4n) is 1.18. The van der Waals surface area contributed by atoms with Gasteiger partial charge in [-0.3, -0.25) is 0 Å². The van der Waals surface area contributed by atoms with E-state index in [-0.39, 0.29) is 5.56 Å². The Morgan fingerprint density at radius 3 is 2.71 bits per heavy atom. The number of aliphatic hydroxyl groups is 1. The minimum absolute atomic E-state index is 0.217. The van der Waals surface area contributed by atoms with Crippen LogP contribution in [0, 0.1) is 0 Å². The summed E-state index contributed by atoms with van der Waals surface area (Å²) in [5.74, 6) is 0. The van der Waals surface area contributed by atoms with E-state index in [0.29, 0.717) is 6.61 Å². The van der Waals surface area contributed by atoms with Crippen molar-refractivity contribution in [2.45, 2.75) is 19.1 Å². The lowest BCUT2D eigenvalue weighted by molar-refractivity contribution is -0.00587. The molecule has 1 unspecified atom stereocenters. The van der Waals surface area contributed by atoms with Crippen LogP contribution in [-0.2, 0) is 11.3 Å². The molecule has 4 heteroatoms. The quantitative estimate of drug-likeness (QED) is 0.810. The van der Waals surface area contributed by atoms with Crippen molar-refractivity contribution < 1.29 is 18.6 Å². The van der Waals surface area contributed by atoms with Crippen LogP contribution in [0.4, 0.5) is 8.78 Å². The molecule has 0 fully saturated rings. The van der Waals surface area contributed by atoms with Crippen molar-refractivity contribution in [3.63, 3.8) is 0 Å². The summed E-state index contributed by atoms with van der Waals surface area (Å²) in [6.45, 7) is 0.351. The predicted molar refractivity (Wildman–Crippen MR) is 48.1 cm³/mol. The van der Waals surface area contributed by atoms with Crippen LogP contribution in [0.25, 0.3) is 0 Å². The molecule has 1 rings (SSSR count). The second kappa shape index (κ2) is 5.02. The van der Waals surface area contributed by atoms with Crippen molar-refractivity contribution in [1.82, 2.24) is 0 Å². The Bertz CT molecular complexity index is 289. The largest absolute Gasteiger partial charge is 0.382 e. The maximum Gasteiger partial charge on any atom is 0.268 e. The van der Waals surface area contributed by atoms with Gasteiger partial charge in [0.1, 0.15) is 6.10 Å². The van der Waals surface area contributed by atoms with Crippen molar-refractivity contribution in [2.24, 2.45) is 0 Å². The van der Waals surface area contributed by atoms with Crippen LogP contribution in [0.1, 0.15) is 17.2 Å². The van der Waals surface area contributed by atoms with Crippen molar-refractivity contribution >= 4 is 0 Å². The van der Waals surface area contributed by atoms with Gasteiger partial charge in [0.25, 0.3) is 6.43 Å². The van der Waals surface area contributed by atoms with E-state index >= 15 is 0 Å². The molecule has 0 saturated heterocycles. The summed E-state index contributed by atoms with van der Waals surface area (Å²) in [4.78, 5) is 0. The number of aliphatic hydroxyl groups excluding tert-OH is 1. The normalized spacial score (nSPS) is 13.2. The molecule has 0 aromatic heterocycles. The van der Waals surface area contributed by atoms with E-state index in [4.69, 9.17) is 9.84 Å². The van der Waals surface area contributed by atoms with Crippen LogP contribution in [0.3, 0.4) is 0 Å². The molecular formula is C10H12F2O2. The Kier molecular flexibility index (Phi) is 3.98. The molecule has 0 aliphatic carbocycles. The number of benzene rings is 1. The van der Waals surface area contributed by atoms with Crippen LogP contribution < -0.4 is 0 Å². The summed E-state index contributed by atoms with van der Waals surface area (Å²) in [5.41, 5.74) is 0.985. The van der Waals surface area contributed by atoms with Crippen LogP contribution >= 0.6 is 0 Å². The number of halogens is 2. The van der Waals surface area contributed by atoms with Gasteiger partial charge in [-0.2, -0.15) is 0 Å². The van der Waals surface area contributed by atoms with E-state index in [1.807, 2.05) is 0 Å². The second-order valence-electron chi connectivity index (χ2n) is 2.96. The zero-order valence-electron chi connectivity index (χ0n) is 7.78. The van der Waals surface area contributed by atoms with Gasteiger partial charge < -0.3 is 9.84 Å². The third-order valence-electron chi connectivity index (χ3n) is 1.84. The molecule has 78 valence electrons. The van der Waals surface area contributed by atoms with Crippen LogP contribution in [0.5, 0.6) is 0 Å². The van der Waals surface area contributed by atoms with E-state index in [1.54, 1.807) is 12.1 Å². The molecular weight excluding hydrogens is 190 g/mol. The molecule has 0 bridgehead atoms. The van der Waals surface area contributed by atoms with Gasteiger partial charge in [0.15, 0.2) is 0 Å². The van der Waals surface area contributed by atoms with Crippen molar-refractivity contribution in [3.05, 3.63) is 35.4 Å². The SMILES string of the molecule is COCc1cccc(C(O)C(F)F)c1. The number of hydrogen-bond donors (Lipinski definition) is 1. The van der Waals surface area contributed by atoms with Crippen molar-refractivity contribution in [3.8, 4) is 0 Å². The molecule has 1 N–H and O–H groups in total. The molecule has 0 radical (unpaired) electrons. The highest BCUT2D eigenvalue weighted by Gasteiger charge is 2.18.